The smallest absolute Gasteiger partial charge is 0.271 e. The molecule has 0 rings (SSSR count). The standard InChI is InChI=1S/C4H8Cl4NOP/c5-1-3-9(4-2-6)11(7,8)10/h1-4H2/i9+1. The van der Waals surface area contributed by atoms with Crippen LogP contribution in [-0.4, -0.2) is 29.5 Å². The molecule has 0 radical (unpaired) electrons. The maximum atomic E-state index is 11.0. The van der Waals surface area contributed by atoms with Crippen LogP contribution in [0.5, 0.6) is 0 Å². The highest BCUT2D eigenvalue weighted by molar-refractivity contribution is 8.06. The van der Waals surface area contributed by atoms with Crippen molar-refractivity contribution in [3.63, 3.8) is 0 Å². The zero-order valence-electron chi connectivity index (χ0n) is 5.64. The fourth-order valence-corrected chi connectivity index (χ4v) is 2.76. The molecule has 0 unspecified atom stereocenters. The molecule has 0 aliphatic carbocycles. The van der Waals surface area contributed by atoms with E-state index in [9.17, 15) is 4.57 Å². The normalized spacial score (nSPS) is 12.5. The Morgan fingerprint density at radius 3 is 1.64 bits per heavy atom. The van der Waals surface area contributed by atoms with Crippen LogP contribution in [-0.2, 0) is 4.57 Å². The third-order valence-corrected chi connectivity index (χ3v) is 3.69. The average molecular weight is 260 g/mol. The molecule has 0 aromatic rings. The van der Waals surface area contributed by atoms with Crippen molar-refractivity contribution in [1.29, 1.82) is 0 Å². The van der Waals surface area contributed by atoms with Gasteiger partial charge in [0.05, 0.1) is 0 Å². The highest BCUT2D eigenvalue weighted by Crippen LogP contribution is 2.59. The van der Waals surface area contributed by atoms with Crippen LogP contribution in [0, 0.1) is 0 Å². The summed E-state index contributed by atoms with van der Waals surface area (Å²) in [6.45, 7) is 0.775. The Balaban J connectivity index is 3.99. The number of hydrogen-bond acceptors (Lipinski definition) is 1. The Morgan fingerprint density at radius 1 is 1.09 bits per heavy atom. The Morgan fingerprint density at radius 2 is 1.45 bits per heavy atom. The molecule has 0 saturated heterocycles. The summed E-state index contributed by atoms with van der Waals surface area (Å²) in [6, 6.07) is 0. The van der Waals surface area contributed by atoms with Crippen LogP contribution < -0.4 is 0 Å². The molecule has 7 heteroatoms. The molecule has 0 N–H and O–H groups in total. The van der Waals surface area contributed by atoms with Crippen LogP contribution in [0.25, 0.3) is 0 Å². The molecule has 68 valence electrons. The van der Waals surface area contributed by atoms with Gasteiger partial charge in [0, 0.05) is 24.8 Å². The summed E-state index contributed by atoms with van der Waals surface area (Å²) in [5.74, 6) is -2.53. The first-order chi connectivity index (χ1) is 5.02. The fraction of sp³-hybridized carbons (Fsp3) is 1.00. The van der Waals surface area contributed by atoms with Gasteiger partial charge >= 0.3 is 6.00 Å². The maximum Gasteiger partial charge on any atom is 0.322 e. The van der Waals surface area contributed by atoms with E-state index in [4.69, 9.17) is 45.7 Å². The van der Waals surface area contributed by atoms with Gasteiger partial charge in [-0.15, -0.1) is 23.2 Å². The second-order valence-corrected chi connectivity index (χ2v) is 7.23. The van der Waals surface area contributed by atoms with Gasteiger partial charge in [0.1, 0.15) is 0 Å². The molecule has 0 bridgehead atoms. The third-order valence-electron chi connectivity index (χ3n) is 1.01. The van der Waals surface area contributed by atoms with E-state index in [-0.39, 0.29) is 0 Å². The number of alkyl halides is 2. The molecule has 0 aromatic heterocycles. The number of hydrogen-bond donors (Lipinski definition) is 0. The first-order valence-electron chi connectivity index (χ1n) is 2.89. The second-order valence-electron chi connectivity index (χ2n) is 1.77. The molecule has 11 heavy (non-hydrogen) atoms. The molecule has 0 aromatic carbocycles. The molecule has 0 atom stereocenters. The molecule has 0 saturated carbocycles. The van der Waals surface area contributed by atoms with E-state index in [1.807, 2.05) is 0 Å². The Labute approximate surface area is 85.7 Å². The van der Waals surface area contributed by atoms with Gasteiger partial charge in [-0.2, -0.15) is 0 Å². The lowest BCUT2D eigenvalue weighted by Crippen LogP contribution is -2.21. The minimum Gasteiger partial charge on any atom is -0.271 e. The highest BCUT2D eigenvalue weighted by Gasteiger charge is 2.23. The predicted octanol–water partition coefficient (Wildman–Crippen LogP) is 3.35. The molecular formula is C4H8Cl4NOP. The van der Waals surface area contributed by atoms with E-state index < -0.39 is 6.00 Å². The van der Waals surface area contributed by atoms with Crippen molar-refractivity contribution < 1.29 is 4.57 Å². The lowest BCUT2D eigenvalue weighted by molar-refractivity contribution is 0.470. The van der Waals surface area contributed by atoms with Gasteiger partial charge in [0.15, 0.2) is 0 Å². The van der Waals surface area contributed by atoms with Crippen molar-refractivity contribution in [1.82, 2.24) is 4.67 Å². The molecule has 0 aliphatic rings. The lowest BCUT2D eigenvalue weighted by Gasteiger charge is -2.19. The summed E-state index contributed by atoms with van der Waals surface area (Å²) >= 11 is 21.6. The summed E-state index contributed by atoms with van der Waals surface area (Å²) in [4.78, 5) is 0. The molecule has 0 amide bonds. The van der Waals surface area contributed by atoms with E-state index in [2.05, 4.69) is 0 Å². The lowest BCUT2D eigenvalue weighted by atomic mass is 10.7. The zero-order valence-corrected chi connectivity index (χ0v) is 9.56. The largest absolute Gasteiger partial charge is 0.322 e. The van der Waals surface area contributed by atoms with Gasteiger partial charge in [-0.3, -0.25) is 4.57 Å². The van der Waals surface area contributed by atoms with Crippen molar-refractivity contribution >= 4 is 51.7 Å². The van der Waals surface area contributed by atoms with Gasteiger partial charge in [-0.05, 0) is 22.5 Å². The van der Waals surface area contributed by atoms with Gasteiger partial charge < -0.3 is 0 Å². The molecule has 2 nitrogen and oxygen atoms in total. The average Bonchev–Trinajstić information content (AvgIpc) is 1.85. The SMILES string of the molecule is O=P(Cl)(Cl)[15N](CCCl)CCCl. The van der Waals surface area contributed by atoms with Crippen LogP contribution in [0.15, 0.2) is 0 Å². The number of nitrogens with zero attached hydrogens (tertiary/aromatic N) is 1. The molecule has 0 spiro atoms. The Hall–Kier alpha value is 1.35. The zero-order chi connectivity index (χ0) is 8.91. The number of rotatable bonds is 5. The summed E-state index contributed by atoms with van der Waals surface area (Å²) in [6.07, 6.45) is 0. The van der Waals surface area contributed by atoms with Crippen molar-refractivity contribution in [2.45, 2.75) is 0 Å². The Bertz CT molecular complexity index is 143. The van der Waals surface area contributed by atoms with E-state index in [1.54, 1.807) is 0 Å². The van der Waals surface area contributed by atoms with Crippen LogP contribution in [0.3, 0.4) is 0 Å². The number of halogens is 4. The van der Waals surface area contributed by atoms with Gasteiger partial charge in [0.25, 0.3) is 0 Å². The van der Waals surface area contributed by atoms with Crippen molar-refractivity contribution in [3.05, 3.63) is 0 Å². The van der Waals surface area contributed by atoms with Crippen LogP contribution in [0.1, 0.15) is 0 Å². The molecule has 0 fully saturated rings. The van der Waals surface area contributed by atoms with E-state index in [0.717, 1.165) is 0 Å². The maximum absolute atomic E-state index is 11.0. The molecular weight excluding hydrogens is 252 g/mol. The summed E-state index contributed by atoms with van der Waals surface area (Å²) < 4.78 is 12.4. The van der Waals surface area contributed by atoms with Gasteiger partial charge in [-0.25, -0.2) is 4.67 Å². The summed E-state index contributed by atoms with van der Waals surface area (Å²) in [7, 11) is 0. The quantitative estimate of drug-likeness (QED) is 0.429. The van der Waals surface area contributed by atoms with Crippen molar-refractivity contribution in [2.24, 2.45) is 0 Å². The minimum absolute atomic E-state index is 0.334. The molecule has 0 aliphatic heterocycles. The fourth-order valence-electron chi connectivity index (χ4n) is 0.540. The molecule has 0 heterocycles. The van der Waals surface area contributed by atoms with Crippen LogP contribution in [0.4, 0.5) is 0 Å². The summed E-state index contributed by atoms with van der Waals surface area (Å²) in [5.41, 5.74) is 0. The first-order valence-corrected chi connectivity index (χ1v) is 7.43. The van der Waals surface area contributed by atoms with Gasteiger partial charge in [0.2, 0.25) is 0 Å². The van der Waals surface area contributed by atoms with E-state index in [0.29, 0.717) is 24.8 Å². The summed E-state index contributed by atoms with van der Waals surface area (Å²) in [5, 5.41) is 0. The minimum atomic E-state index is -3.20. The van der Waals surface area contributed by atoms with E-state index >= 15 is 0 Å². The van der Waals surface area contributed by atoms with Crippen LogP contribution in [0.2, 0.25) is 0 Å². The first kappa shape index (κ1) is 12.3. The van der Waals surface area contributed by atoms with Gasteiger partial charge in [-0.1, -0.05) is 0 Å². The van der Waals surface area contributed by atoms with E-state index in [1.165, 1.54) is 4.67 Å². The third kappa shape index (κ3) is 5.57. The monoisotopic (exact) mass is 258 g/mol. The Kier molecular flexibility index (Phi) is 6.63. The van der Waals surface area contributed by atoms with Crippen molar-refractivity contribution in [3.8, 4) is 0 Å². The topological polar surface area (TPSA) is 20.3 Å². The second kappa shape index (κ2) is 5.90. The van der Waals surface area contributed by atoms with Crippen molar-refractivity contribution in [2.75, 3.05) is 24.8 Å². The predicted molar refractivity (Wildman–Crippen MR) is 52.3 cm³/mol. The van der Waals surface area contributed by atoms with Crippen LogP contribution >= 0.6 is 51.7 Å². The highest BCUT2D eigenvalue weighted by atomic mass is 35.9.